The van der Waals surface area contributed by atoms with Crippen LogP contribution in [0.15, 0.2) is 0 Å². The van der Waals surface area contributed by atoms with E-state index in [2.05, 4.69) is 12.2 Å². The van der Waals surface area contributed by atoms with Crippen LogP contribution < -0.4 is 5.32 Å². The van der Waals surface area contributed by atoms with Gasteiger partial charge in [0, 0.05) is 19.1 Å². The molecule has 0 radical (unpaired) electrons. The van der Waals surface area contributed by atoms with Gasteiger partial charge in [0.2, 0.25) is 5.91 Å². The lowest BCUT2D eigenvalue weighted by atomic mass is 9.85. The van der Waals surface area contributed by atoms with Crippen LogP contribution in [-0.2, 0) is 9.53 Å². The molecular formula is C18H32N2O3. The Balaban J connectivity index is 1.87. The van der Waals surface area contributed by atoms with Crippen LogP contribution in [0.5, 0.6) is 0 Å². The second-order valence-corrected chi connectivity index (χ2v) is 8.14. The highest BCUT2D eigenvalue weighted by Crippen LogP contribution is 2.25. The molecular weight excluding hydrogens is 292 g/mol. The number of likely N-dealkylation sites (tertiary alicyclic amines) is 1. The van der Waals surface area contributed by atoms with E-state index in [4.69, 9.17) is 4.74 Å². The normalized spacial score (nSPS) is 29.0. The smallest absolute Gasteiger partial charge is 0.410 e. The molecule has 0 spiro atoms. The third-order valence-corrected chi connectivity index (χ3v) is 4.88. The summed E-state index contributed by atoms with van der Waals surface area (Å²) in [7, 11) is 0. The van der Waals surface area contributed by atoms with Gasteiger partial charge in [-0.1, -0.05) is 19.8 Å². The van der Waals surface area contributed by atoms with E-state index in [1.165, 1.54) is 19.3 Å². The maximum Gasteiger partial charge on any atom is 0.410 e. The van der Waals surface area contributed by atoms with E-state index in [9.17, 15) is 9.59 Å². The highest BCUT2D eigenvalue weighted by Gasteiger charge is 2.32. The Morgan fingerprint density at radius 1 is 1.09 bits per heavy atom. The fraction of sp³-hybridized carbons (Fsp3) is 0.889. The predicted molar refractivity (Wildman–Crippen MR) is 90.1 cm³/mol. The van der Waals surface area contributed by atoms with Crippen LogP contribution in [0.3, 0.4) is 0 Å². The van der Waals surface area contributed by atoms with Crippen LogP contribution in [0.4, 0.5) is 4.79 Å². The summed E-state index contributed by atoms with van der Waals surface area (Å²) in [5, 5.41) is 3.23. The Kier molecular flexibility index (Phi) is 5.93. The van der Waals surface area contributed by atoms with E-state index in [1.54, 1.807) is 4.90 Å². The maximum absolute atomic E-state index is 12.6. The second kappa shape index (κ2) is 7.54. The molecule has 0 aromatic rings. The van der Waals surface area contributed by atoms with E-state index < -0.39 is 5.60 Å². The van der Waals surface area contributed by atoms with E-state index >= 15 is 0 Å². The van der Waals surface area contributed by atoms with Gasteiger partial charge < -0.3 is 15.0 Å². The molecule has 0 aromatic carbocycles. The number of carbonyl (C=O) groups excluding carboxylic acids is 2. The van der Waals surface area contributed by atoms with Crippen molar-refractivity contribution in [3.05, 3.63) is 0 Å². The third-order valence-electron chi connectivity index (χ3n) is 4.88. The molecule has 1 aliphatic carbocycles. The summed E-state index contributed by atoms with van der Waals surface area (Å²) in [6.07, 6.45) is 6.15. The summed E-state index contributed by atoms with van der Waals surface area (Å²) >= 11 is 0. The van der Waals surface area contributed by atoms with E-state index in [0.717, 1.165) is 19.3 Å². The fourth-order valence-corrected chi connectivity index (χ4v) is 3.51. The molecule has 132 valence electrons. The SMILES string of the molecule is C[C@@H]1CCCC[C@@H]1NC(=O)[C@H]1CCCN(C(=O)OC(C)(C)C)C1. The summed E-state index contributed by atoms with van der Waals surface area (Å²) in [5.74, 6) is 0.556. The second-order valence-electron chi connectivity index (χ2n) is 8.14. The highest BCUT2D eigenvalue weighted by molar-refractivity contribution is 5.80. The first kappa shape index (κ1) is 18.1. The van der Waals surface area contributed by atoms with Gasteiger partial charge in [-0.2, -0.15) is 0 Å². The van der Waals surface area contributed by atoms with Crippen LogP contribution in [0.1, 0.15) is 66.2 Å². The minimum absolute atomic E-state index is 0.106. The molecule has 0 aromatic heterocycles. The Morgan fingerprint density at radius 2 is 1.78 bits per heavy atom. The summed E-state index contributed by atoms with van der Waals surface area (Å²) < 4.78 is 5.43. The van der Waals surface area contributed by atoms with Gasteiger partial charge in [-0.3, -0.25) is 4.79 Å². The quantitative estimate of drug-likeness (QED) is 0.847. The molecule has 1 saturated heterocycles. The molecule has 2 fully saturated rings. The lowest BCUT2D eigenvalue weighted by molar-refractivity contribution is -0.127. The average Bonchev–Trinajstić information content (AvgIpc) is 2.48. The van der Waals surface area contributed by atoms with E-state index in [-0.39, 0.29) is 17.9 Å². The fourth-order valence-electron chi connectivity index (χ4n) is 3.51. The van der Waals surface area contributed by atoms with Gasteiger partial charge in [-0.15, -0.1) is 0 Å². The Morgan fingerprint density at radius 3 is 2.43 bits per heavy atom. The minimum Gasteiger partial charge on any atom is -0.444 e. The molecule has 2 amide bonds. The summed E-state index contributed by atoms with van der Waals surface area (Å²) in [6.45, 7) is 8.97. The molecule has 23 heavy (non-hydrogen) atoms. The van der Waals surface area contributed by atoms with Gasteiger partial charge in [-0.05, 0) is 52.4 Å². The molecule has 0 bridgehead atoms. The van der Waals surface area contributed by atoms with Crippen molar-refractivity contribution in [1.29, 1.82) is 0 Å². The predicted octanol–water partition coefficient (Wildman–Crippen LogP) is 3.33. The zero-order valence-electron chi connectivity index (χ0n) is 15.1. The number of piperidine rings is 1. The molecule has 5 heteroatoms. The Bertz CT molecular complexity index is 430. The zero-order valence-corrected chi connectivity index (χ0v) is 15.1. The van der Waals surface area contributed by atoms with Crippen molar-refractivity contribution in [2.75, 3.05) is 13.1 Å². The van der Waals surface area contributed by atoms with Crippen LogP contribution >= 0.6 is 0 Å². The van der Waals surface area contributed by atoms with Crippen molar-refractivity contribution in [2.45, 2.75) is 77.9 Å². The first-order chi connectivity index (χ1) is 10.8. The molecule has 1 saturated carbocycles. The minimum atomic E-state index is -0.496. The number of nitrogens with one attached hydrogen (secondary N) is 1. The number of ether oxygens (including phenoxy) is 1. The number of hydrogen-bond acceptors (Lipinski definition) is 3. The monoisotopic (exact) mass is 324 g/mol. The molecule has 1 aliphatic heterocycles. The van der Waals surface area contributed by atoms with Crippen molar-refractivity contribution in [1.82, 2.24) is 10.2 Å². The van der Waals surface area contributed by atoms with Crippen LogP contribution in [0.25, 0.3) is 0 Å². The number of carbonyl (C=O) groups is 2. The van der Waals surface area contributed by atoms with Crippen LogP contribution in [0, 0.1) is 11.8 Å². The van der Waals surface area contributed by atoms with E-state index in [0.29, 0.717) is 25.0 Å². The highest BCUT2D eigenvalue weighted by atomic mass is 16.6. The molecule has 5 nitrogen and oxygen atoms in total. The van der Waals surface area contributed by atoms with Gasteiger partial charge in [-0.25, -0.2) is 4.79 Å². The zero-order chi connectivity index (χ0) is 17.0. The van der Waals surface area contributed by atoms with Crippen molar-refractivity contribution in [3.63, 3.8) is 0 Å². The average molecular weight is 324 g/mol. The topological polar surface area (TPSA) is 58.6 Å². The maximum atomic E-state index is 12.6. The molecule has 1 N–H and O–H groups in total. The lowest BCUT2D eigenvalue weighted by Gasteiger charge is -2.35. The van der Waals surface area contributed by atoms with Crippen molar-refractivity contribution in [2.24, 2.45) is 11.8 Å². The van der Waals surface area contributed by atoms with Crippen molar-refractivity contribution >= 4 is 12.0 Å². The Hall–Kier alpha value is -1.26. The number of amides is 2. The molecule has 2 aliphatic rings. The van der Waals surface area contributed by atoms with E-state index in [1.807, 2.05) is 20.8 Å². The largest absolute Gasteiger partial charge is 0.444 e. The molecule has 2 rings (SSSR count). The first-order valence-corrected chi connectivity index (χ1v) is 9.04. The standard InChI is InChI=1S/C18H32N2O3/c1-13-8-5-6-10-15(13)19-16(21)14-9-7-11-20(12-14)17(22)23-18(2,3)4/h13-15H,5-12H2,1-4H3,(H,19,21)/t13-,14+,15+/m1/s1. The third kappa shape index (κ3) is 5.40. The van der Waals surface area contributed by atoms with Crippen LogP contribution in [-0.4, -0.2) is 41.6 Å². The summed E-state index contributed by atoms with van der Waals surface area (Å²) in [6, 6.07) is 0.299. The summed E-state index contributed by atoms with van der Waals surface area (Å²) in [5.41, 5.74) is -0.496. The van der Waals surface area contributed by atoms with Gasteiger partial charge in [0.05, 0.1) is 5.92 Å². The molecule has 0 unspecified atom stereocenters. The van der Waals surface area contributed by atoms with Crippen molar-refractivity contribution < 1.29 is 14.3 Å². The molecule has 3 atom stereocenters. The lowest BCUT2D eigenvalue weighted by Crippen LogP contribution is -2.50. The van der Waals surface area contributed by atoms with Gasteiger partial charge in [0.25, 0.3) is 0 Å². The Labute approximate surface area is 140 Å². The first-order valence-electron chi connectivity index (χ1n) is 9.04. The van der Waals surface area contributed by atoms with Crippen LogP contribution in [0.2, 0.25) is 0 Å². The molecule has 1 heterocycles. The summed E-state index contributed by atoms with van der Waals surface area (Å²) in [4.78, 5) is 26.5. The van der Waals surface area contributed by atoms with Gasteiger partial charge in [0.15, 0.2) is 0 Å². The number of hydrogen-bond donors (Lipinski definition) is 1. The van der Waals surface area contributed by atoms with Crippen molar-refractivity contribution in [3.8, 4) is 0 Å². The van der Waals surface area contributed by atoms with Gasteiger partial charge >= 0.3 is 6.09 Å². The number of nitrogens with zero attached hydrogens (tertiary/aromatic N) is 1. The number of rotatable bonds is 2. The van der Waals surface area contributed by atoms with Gasteiger partial charge in [0.1, 0.15) is 5.60 Å².